The molecule has 4 aromatic rings. The second kappa shape index (κ2) is 14.7. The molecule has 2 aliphatic heterocycles. The molecular weight excluding hydrogens is 616 g/mol. The van der Waals surface area contributed by atoms with E-state index in [2.05, 4.69) is 35.9 Å². The fourth-order valence-electron chi connectivity index (χ4n) is 5.18. The Kier molecular flexibility index (Phi) is 9.80. The summed E-state index contributed by atoms with van der Waals surface area (Å²) in [7, 11) is 3.50. The third-order valence-corrected chi connectivity index (χ3v) is 7.77. The fourth-order valence-corrected chi connectivity index (χ4v) is 5.18. The first-order valence-corrected chi connectivity index (χ1v) is 15.5. The minimum atomic E-state index is -0.438. The molecule has 0 bridgehead atoms. The average Bonchev–Trinajstić information content (AvgIpc) is 3.12. The zero-order chi connectivity index (χ0) is 33.5. The monoisotopic (exact) mass is 652 g/mol. The summed E-state index contributed by atoms with van der Waals surface area (Å²) in [6, 6.07) is 15.0. The molecule has 0 spiro atoms. The van der Waals surface area contributed by atoms with Gasteiger partial charge in [-0.3, -0.25) is 4.79 Å². The topological polar surface area (TPSA) is 174 Å². The molecule has 2 aliphatic rings. The van der Waals surface area contributed by atoms with Crippen LogP contribution in [0.25, 0.3) is 11.4 Å². The zero-order valence-corrected chi connectivity index (χ0v) is 26.7. The number of carbonyl (C=O) groups is 3. The number of hydrogen-bond donors (Lipinski definition) is 3. The number of piperazine rings is 1. The number of hydrogen-bond acceptors (Lipinski definition) is 11. The second-order valence-corrected chi connectivity index (χ2v) is 11.3. The van der Waals surface area contributed by atoms with E-state index in [1.165, 1.54) is 12.4 Å². The van der Waals surface area contributed by atoms with Gasteiger partial charge in [0.15, 0.2) is 5.82 Å². The summed E-state index contributed by atoms with van der Waals surface area (Å²) in [5.74, 6) is 1.33. The van der Waals surface area contributed by atoms with Gasteiger partial charge in [-0.25, -0.2) is 9.59 Å². The van der Waals surface area contributed by atoms with Gasteiger partial charge < -0.3 is 40.3 Å². The summed E-state index contributed by atoms with van der Waals surface area (Å²) in [5, 5.41) is 15.8. The molecule has 2 fully saturated rings. The average molecular weight is 653 g/mol. The predicted octanol–water partition coefficient (Wildman–Crippen LogP) is 2.87. The molecule has 3 N–H and O–H groups in total. The van der Waals surface area contributed by atoms with E-state index >= 15 is 0 Å². The van der Waals surface area contributed by atoms with Crippen molar-refractivity contribution >= 4 is 46.9 Å². The SMILES string of the molecule is CN(C)C(=O)N1CCN(c2nc(-c3ccc(NC(=O)Nc4ccc(C(=O)Nc5ccnnc5)cc4)cc3)nc(N3CCOCC3)n2)CC1. The molecule has 0 atom stereocenters. The maximum Gasteiger partial charge on any atom is 0.323 e. The van der Waals surface area contributed by atoms with E-state index in [0.29, 0.717) is 92.8 Å². The molecule has 2 aromatic heterocycles. The lowest BCUT2D eigenvalue weighted by Crippen LogP contribution is -2.52. The molecule has 16 nitrogen and oxygen atoms in total. The van der Waals surface area contributed by atoms with E-state index < -0.39 is 6.03 Å². The molecule has 4 heterocycles. The van der Waals surface area contributed by atoms with Crippen LogP contribution in [0.4, 0.5) is 38.5 Å². The Morgan fingerprint density at radius 1 is 0.688 bits per heavy atom. The van der Waals surface area contributed by atoms with Gasteiger partial charge in [0, 0.05) is 75.9 Å². The highest BCUT2D eigenvalue weighted by Crippen LogP contribution is 2.25. The van der Waals surface area contributed by atoms with Crippen molar-refractivity contribution in [2.45, 2.75) is 0 Å². The largest absolute Gasteiger partial charge is 0.378 e. The van der Waals surface area contributed by atoms with Gasteiger partial charge in [0.25, 0.3) is 5.91 Å². The van der Waals surface area contributed by atoms with Crippen LogP contribution in [0.2, 0.25) is 0 Å². The van der Waals surface area contributed by atoms with Crippen LogP contribution in [0.5, 0.6) is 0 Å². The highest BCUT2D eigenvalue weighted by atomic mass is 16.5. The number of morpholine rings is 1. The van der Waals surface area contributed by atoms with E-state index in [0.717, 1.165) is 5.56 Å². The van der Waals surface area contributed by atoms with Crippen LogP contribution in [-0.2, 0) is 4.74 Å². The van der Waals surface area contributed by atoms with E-state index in [4.69, 9.17) is 19.7 Å². The summed E-state index contributed by atoms with van der Waals surface area (Å²) in [6.45, 7) is 4.86. The summed E-state index contributed by atoms with van der Waals surface area (Å²) in [6.07, 6.45) is 2.94. The smallest absolute Gasteiger partial charge is 0.323 e. The summed E-state index contributed by atoms with van der Waals surface area (Å²) >= 11 is 0. The Hall–Kier alpha value is -5.90. The molecule has 248 valence electrons. The standard InChI is InChI=1S/C32H36N12O4/c1-41(2)32(47)44-15-13-42(14-16-44)29-38-27(39-30(40-29)43-17-19-48-20-18-43)22-3-7-24(8-4-22)36-31(46)37-25-9-5-23(6-10-25)28(45)35-26-11-12-33-34-21-26/h3-12,21H,13-20H2,1-2H3,(H,33,35,45)(H2,36,37,46). The normalized spacial score (nSPS) is 14.7. The maximum absolute atomic E-state index is 12.7. The second-order valence-electron chi connectivity index (χ2n) is 11.3. The minimum absolute atomic E-state index is 0.0137. The Balaban J connectivity index is 1.11. The van der Waals surface area contributed by atoms with Gasteiger partial charge in [0.1, 0.15) is 0 Å². The van der Waals surface area contributed by atoms with Crippen LogP contribution in [0.1, 0.15) is 10.4 Å². The van der Waals surface area contributed by atoms with Crippen molar-refractivity contribution < 1.29 is 19.1 Å². The molecule has 16 heteroatoms. The highest BCUT2D eigenvalue weighted by Gasteiger charge is 2.26. The number of nitrogens with one attached hydrogen (secondary N) is 3. The van der Waals surface area contributed by atoms with E-state index in [1.807, 2.05) is 17.0 Å². The van der Waals surface area contributed by atoms with Gasteiger partial charge in [-0.2, -0.15) is 25.1 Å². The lowest BCUT2D eigenvalue weighted by Gasteiger charge is -2.36. The Morgan fingerprint density at radius 3 is 1.88 bits per heavy atom. The van der Waals surface area contributed by atoms with Crippen LogP contribution in [0.15, 0.2) is 67.0 Å². The van der Waals surface area contributed by atoms with Gasteiger partial charge in [0.05, 0.1) is 31.3 Å². The van der Waals surface area contributed by atoms with Gasteiger partial charge >= 0.3 is 12.1 Å². The molecule has 5 amide bonds. The summed E-state index contributed by atoms with van der Waals surface area (Å²) in [5.41, 5.74) is 2.81. The van der Waals surface area contributed by atoms with Crippen molar-refractivity contribution in [1.82, 2.24) is 34.9 Å². The van der Waals surface area contributed by atoms with Crippen LogP contribution < -0.4 is 25.8 Å². The van der Waals surface area contributed by atoms with Crippen molar-refractivity contribution in [1.29, 1.82) is 0 Å². The van der Waals surface area contributed by atoms with E-state index in [9.17, 15) is 14.4 Å². The Labute approximate surface area is 277 Å². The summed E-state index contributed by atoms with van der Waals surface area (Å²) < 4.78 is 5.53. The van der Waals surface area contributed by atoms with Gasteiger partial charge in [-0.1, -0.05) is 0 Å². The highest BCUT2D eigenvalue weighted by molar-refractivity contribution is 6.05. The first kappa shape index (κ1) is 32.1. The van der Waals surface area contributed by atoms with Gasteiger partial charge in [0.2, 0.25) is 11.9 Å². The molecule has 2 saturated heterocycles. The molecule has 48 heavy (non-hydrogen) atoms. The number of urea groups is 2. The van der Waals surface area contributed by atoms with Crippen molar-refractivity contribution in [3.05, 3.63) is 72.6 Å². The maximum atomic E-state index is 12.7. The zero-order valence-electron chi connectivity index (χ0n) is 26.7. The first-order valence-electron chi connectivity index (χ1n) is 15.5. The molecular formula is C32H36N12O4. The number of nitrogens with zero attached hydrogens (tertiary/aromatic N) is 9. The number of rotatable bonds is 7. The number of ether oxygens (including phenoxy) is 1. The third-order valence-electron chi connectivity index (χ3n) is 7.77. The summed E-state index contributed by atoms with van der Waals surface area (Å²) in [4.78, 5) is 59.6. The molecule has 0 aliphatic carbocycles. The van der Waals surface area contributed by atoms with Crippen molar-refractivity contribution in [3.8, 4) is 11.4 Å². The molecule has 0 radical (unpaired) electrons. The Bertz CT molecular complexity index is 1720. The first-order chi connectivity index (χ1) is 23.3. The lowest BCUT2D eigenvalue weighted by atomic mass is 10.2. The number of aromatic nitrogens is 5. The van der Waals surface area contributed by atoms with Gasteiger partial charge in [-0.15, -0.1) is 0 Å². The van der Waals surface area contributed by atoms with Crippen LogP contribution in [0.3, 0.4) is 0 Å². The predicted molar refractivity (Wildman–Crippen MR) is 180 cm³/mol. The Morgan fingerprint density at radius 2 is 1.29 bits per heavy atom. The van der Waals surface area contributed by atoms with Crippen molar-refractivity contribution in [2.24, 2.45) is 0 Å². The minimum Gasteiger partial charge on any atom is -0.378 e. The number of benzene rings is 2. The number of carbonyl (C=O) groups excluding carboxylic acids is 3. The lowest BCUT2D eigenvalue weighted by molar-refractivity contribution is 0.102. The third kappa shape index (κ3) is 7.90. The number of anilines is 5. The van der Waals surface area contributed by atoms with E-state index in [-0.39, 0.29) is 11.9 Å². The van der Waals surface area contributed by atoms with Crippen LogP contribution in [-0.4, -0.2) is 119 Å². The van der Waals surface area contributed by atoms with Crippen LogP contribution in [0, 0.1) is 0 Å². The number of amides is 5. The van der Waals surface area contributed by atoms with Crippen LogP contribution >= 0.6 is 0 Å². The van der Waals surface area contributed by atoms with Gasteiger partial charge in [-0.05, 0) is 54.6 Å². The fraction of sp³-hybridized carbons (Fsp3) is 0.312. The quantitative estimate of drug-likeness (QED) is 0.268. The molecule has 6 rings (SSSR count). The van der Waals surface area contributed by atoms with E-state index in [1.54, 1.807) is 61.5 Å². The van der Waals surface area contributed by atoms with Crippen molar-refractivity contribution in [3.63, 3.8) is 0 Å². The molecule has 0 saturated carbocycles. The molecule has 0 unspecified atom stereocenters. The van der Waals surface area contributed by atoms with Crippen molar-refractivity contribution in [2.75, 3.05) is 92.3 Å². The molecule has 2 aromatic carbocycles.